The Kier molecular flexibility index (Phi) is 1.59. The van der Waals surface area contributed by atoms with Crippen molar-refractivity contribution in [3.63, 3.8) is 0 Å². The Bertz CT molecular complexity index is 401. The average molecular weight is 158 g/mol. The number of hydrogen-bond donors (Lipinski definition) is 2. The highest BCUT2D eigenvalue weighted by Crippen LogP contribution is 2.17. The van der Waals surface area contributed by atoms with Crippen LogP contribution in [0.4, 0.5) is 5.69 Å². The summed E-state index contributed by atoms with van der Waals surface area (Å²) < 4.78 is 0. The van der Waals surface area contributed by atoms with Crippen molar-refractivity contribution in [2.24, 2.45) is 0 Å². The second-order valence-corrected chi connectivity index (χ2v) is 2.63. The summed E-state index contributed by atoms with van der Waals surface area (Å²) in [4.78, 5) is 3.14. The highest BCUT2D eigenvalue weighted by Gasteiger charge is 1.93. The van der Waals surface area contributed by atoms with Crippen LogP contribution in [0.15, 0.2) is 43.2 Å². The van der Waals surface area contributed by atoms with Gasteiger partial charge in [0.1, 0.15) is 0 Å². The van der Waals surface area contributed by atoms with E-state index in [1.54, 1.807) is 6.20 Å². The fourth-order valence-corrected chi connectivity index (χ4v) is 1.26. The van der Waals surface area contributed by atoms with Gasteiger partial charge in [-0.25, -0.2) is 0 Å². The molecule has 2 heteroatoms. The Labute approximate surface area is 70.9 Å². The minimum Gasteiger partial charge on any atom is -0.362 e. The van der Waals surface area contributed by atoms with Gasteiger partial charge in [0.25, 0.3) is 0 Å². The summed E-state index contributed by atoms with van der Waals surface area (Å²) in [5, 5.41) is 4.26. The lowest BCUT2D eigenvalue weighted by atomic mass is 10.2. The van der Waals surface area contributed by atoms with E-state index in [0.717, 1.165) is 11.2 Å². The van der Waals surface area contributed by atoms with E-state index in [0.29, 0.717) is 0 Å². The predicted octanol–water partition coefficient (Wildman–Crippen LogP) is 2.72. The number of H-pyrrole nitrogens is 1. The monoisotopic (exact) mass is 158 g/mol. The molecule has 0 unspecified atom stereocenters. The Hall–Kier alpha value is -1.70. The SMILES string of the molecule is C=CNc1ccc2cc[nH]c2c1. The number of rotatable bonds is 2. The molecule has 0 aliphatic carbocycles. The van der Waals surface area contributed by atoms with E-state index < -0.39 is 0 Å². The standard InChI is InChI=1S/C10H10N2/c1-2-11-9-4-3-8-5-6-12-10(8)7-9/h2-7,11-12H,1H2. The first-order valence-electron chi connectivity index (χ1n) is 3.85. The molecule has 2 rings (SSSR count). The second-order valence-electron chi connectivity index (χ2n) is 2.63. The van der Waals surface area contributed by atoms with Gasteiger partial charge >= 0.3 is 0 Å². The first-order chi connectivity index (χ1) is 5.90. The molecule has 0 aliphatic heterocycles. The molecule has 2 nitrogen and oxygen atoms in total. The van der Waals surface area contributed by atoms with E-state index >= 15 is 0 Å². The lowest BCUT2D eigenvalue weighted by Gasteiger charge is -1.98. The highest BCUT2D eigenvalue weighted by molar-refractivity contribution is 5.82. The van der Waals surface area contributed by atoms with Gasteiger partial charge in [-0.05, 0) is 29.8 Å². The number of aromatic nitrogens is 1. The Balaban J connectivity index is 2.52. The number of nitrogens with one attached hydrogen (secondary N) is 2. The van der Waals surface area contributed by atoms with Crippen LogP contribution >= 0.6 is 0 Å². The van der Waals surface area contributed by atoms with Crippen molar-refractivity contribution in [3.8, 4) is 0 Å². The van der Waals surface area contributed by atoms with Crippen LogP contribution in [0, 0.1) is 0 Å². The zero-order valence-electron chi connectivity index (χ0n) is 6.67. The number of anilines is 1. The predicted molar refractivity (Wildman–Crippen MR) is 52.1 cm³/mol. The summed E-state index contributed by atoms with van der Waals surface area (Å²) in [6, 6.07) is 8.19. The summed E-state index contributed by atoms with van der Waals surface area (Å²) in [5.41, 5.74) is 2.20. The second kappa shape index (κ2) is 2.74. The molecular formula is C10H10N2. The van der Waals surface area contributed by atoms with Crippen molar-refractivity contribution in [2.45, 2.75) is 0 Å². The van der Waals surface area contributed by atoms with Gasteiger partial charge in [-0.15, -0.1) is 0 Å². The normalized spacial score (nSPS) is 10.0. The molecule has 0 amide bonds. The zero-order valence-corrected chi connectivity index (χ0v) is 6.67. The molecule has 0 atom stereocenters. The van der Waals surface area contributed by atoms with Crippen LogP contribution in [0.5, 0.6) is 0 Å². The van der Waals surface area contributed by atoms with E-state index in [-0.39, 0.29) is 0 Å². The van der Waals surface area contributed by atoms with Crippen LogP contribution in [-0.2, 0) is 0 Å². The third-order valence-corrected chi connectivity index (χ3v) is 1.82. The van der Waals surface area contributed by atoms with Gasteiger partial charge < -0.3 is 10.3 Å². The molecule has 0 radical (unpaired) electrons. The molecule has 60 valence electrons. The van der Waals surface area contributed by atoms with E-state index in [9.17, 15) is 0 Å². The van der Waals surface area contributed by atoms with Crippen molar-refractivity contribution >= 4 is 16.6 Å². The van der Waals surface area contributed by atoms with Crippen LogP contribution in [-0.4, -0.2) is 4.98 Å². The van der Waals surface area contributed by atoms with Gasteiger partial charge in [-0.3, -0.25) is 0 Å². The zero-order chi connectivity index (χ0) is 8.39. The van der Waals surface area contributed by atoms with E-state index in [4.69, 9.17) is 0 Å². The van der Waals surface area contributed by atoms with Crippen molar-refractivity contribution in [1.82, 2.24) is 4.98 Å². The first kappa shape index (κ1) is 6.98. The van der Waals surface area contributed by atoms with Gasteiger partial charge in [-0.2, -0.15) is 0 Å². The number of aromatic amines is 1. The summed E-state index contributed by atoms with van der Waals surface area (Å²) >= 11 is 0. The van der Waals surface area contributed by atoms with Crippen molar-refractivity contribution in [2.75, 3.05) is 5.32 Å². The summed E-state index contributed by atoms with van der Waals surface area (Å²) in [6.07, 6.45) is 3.60. The van der Waals surface area contributed by atoms with Gasteiger partial charge in [-0.1, -0.05) is 12.6 Å². The quantitative estimate of drug-likeness (QED) is 0.691. The molecule has 0 bridgehead atoms. The van der Waals surface area contributed by atoms with Crippen LogP contribution in [0.25, 0.3) is 10.9 Å². The lowest BCUT2D eigenvalue weighted by molar-refractivity contribution is 1.47. The molecule has 0 saturated carbocycles. The van der Waals surface area contributed by atoms with Crippen molar-refractivity contribution < 1.29 is 0 Å². The third kappa shape index (κ3) is 1.07. The fraction of sp³-hybridized carbons (Fsp3) is 0. The molecule has 1 aromatic carbocycles. The maximum atomic E-state index is 3.60. The van der Waals surface area contributed by atoms with Crippen molar-refractivity contribution in [3.05, 3.63) is 43.2 Å². The Morgan fingerprint density at radius 2 is 2.25 bits per heavy atom. The minimum atomic E-state index is 1.06. The largest absolute Gasteiger partial charge is 0.362 e. The third-order valence-electron chi connectivity index (χ3n) is 1.82. The fourth-order valence-electron chi connectivity index (χ4n) is 1.26. The Morgan fingerprint density at radius 3 is 3.08 bits per heavy atom. The maximum absolute atomic E-state index is 3.60. The maximum Gasteiger partial charge on any atom is 0.0474 e. The van der Waals surface area contributed by atoms with Gasteiger partial charge in [0, 0.05) is 17.4 Å². The molecule has 12 heavy (non-hydrogen) atoms. The topological polar surface area (TPSA) is 27.8 Å². The summed E-state index contributed by atoms with van der Waals surface area (Å²) in [6.45, 7) is 3.60. The molecule has 0 spiro atoms. The molecule has 2 N–H and O–H groups in total. The molecule has 1 aromatic heterocycles. The smallest absolute Gasteiger partial charge is 0.0474 e. The average Bonchev–Trinajstić information content (AvgIpc) is 2.51. The summed E-state index contributed by atoms with van der Waals surface area (Å²) in [5.74, 6) is 0. The van der Waals surface area contributed by atoms with Gasteiger partial charge in [0.15, 0.2) is 0 Å². The molecule has 0 saturated heterocycles. The van der Waals surface area contributed by atoms with Crippen LogP contribution in [0.2, 0.25) is 0 Å². The number of hydrogen-bond acceptors (Lipinski definition) is 1. The molecule has 0 fully saturated rings. The van der Waals surface area contributed by atoms with Crippen LogP contribution in [0.1, 0.15) is 0 Å². The summed E-state index contributed by atoms with van der Waals surface area (Å²) in [7, 11) is 0. The van der Waals surface area contributed by atoms with E-state index in [1.165, 1.54) is 5.39 Å². The van der Waals surface area contributed by atoms with Gasteiger partial charge in [0.2, 0.25) is 0 Å². The molecule has 0 aliphatic rings. The Morgan fingerprint density at radius 1 is 1.33 bits per heavy atom. The van der Waals surface area contributed by atoms with Gasteiger partial charge in [0.05, 0.1) is 0 Å². The van der Waals surface area contributed by atoms with Crippen LogP contribution < -0.4 is 5.32 Å². The molecule has 1 heterocycles. The lowest BCUT2D eigenvalue weighted by Crippen LogP contribution is -1.84. The minimum absolute atomic E-state index is 1.06. The molecule has 2 aromatic rings. The number of fused-ring (bicyclic) bond motifs is 1. The van der Waals surface area contributed by atoms with Crippen molar-refractivity contribution in [1.29, 1.82) is 0 Å². The van der Waals surface area contributed by atoms with E-state index in [1.807, 2.05) is 18.3 Å². The first-order valence-corrected chi connectivity index (χ1v) is 3.85. The molecular weight excluding hydrogens is 148 g/mol. The highest BCUT2D eigenvalue weighted by atomic mass is 14.8. The van der Waals surface area contributed by atoms with Crippen LogP contribution in [0.3, 0.4) is 0 Å². The number of benzene rings is 1. The van der Waals surface area contributed by atoms with E-state index in [2.05, 4.69) is 29.0 Å².